The third-order valence-electron chi connectivity index (χ3n) is 2.96. The van der Waals surface area contributed by atoms with Crippen molar-refractivity contribution in [2.24, 2.45) is 0 Å². The molecule has 0 radical (unpaired) electrons. The summed E-state index contributed by atoms with van der Waals surface area (Å²) < 4.78 is 0. The second-order valence-corrected chi connectivity index (χ2v) is 6.92. The van der Waals surface area contributed by atoms with E-state index in [2.05, 4.69) is 60.9 Å². The highest BCUT2D eigenvalue weighted by atomic mass is 32.2. The van der Waals surface area contributed by atoms with Gasteiger partial charge >= 0.3 is 0 Å². The Kier molecular flexibility index (Phi) is 5.95. The summed E-state index contributed by atoms with van der Waals surface area (Å²) in [6, 6.07) is 13.5. The largest absolute Gasteiger partial charge is 0.309 e. The van der Waals surface area contributed by atoms with Gasteiger partial charge in [-0.25, -0.2) is 0 Å². The molecule has 1 unspecified atom stereocenters. The Morgan fingerprint density at radius 2 is 2.00 bits per heavy atom. The van der Waals surface area contributed by atoms with Gasteiger partial charge in [-0.15, -0.1) is 11.3 Å². The Balaban J connectivity index is 1.88. The molecule has 3 heteroatoms. The van der Waals surface area contributed by atoms with E-state index in [0.29, 0.717) is 6.04 Å². The van der Waals surface area contributed by atoms with E-state index in [1.54, 1.807) is 0 Å². The zero-order chi connectivity index (χ0) is 13.5. The molecule has 0 aliphatic rings. The summed E-state index contributed by atoms with van der Waals surface area (Å²) in [5, 5.41) is 5.84. The van der Waals surface area contributed by atoms with Crippen LogP contribution in [0.3, 0.4) is 0 Å². The molecule has 1 nitrogen and oxygen atoms in total. The smallest absolute Gasteiger partial charge is 0.0302 e. The van der Waals surface area contributed by atoms with Gasteiger partial charge in [0.25, 0.3) is 0 Å². The first-order chi connectivity index (χ1) is 9.29. The highest BCUT2D eigenvalue weighted by molar-refractivity contribution is 7.99. The molecule has 0 amide bonds. The molecular weight excluding hydrogens is 270 g/mol. The minimum absolute atomic E-state index is 0.576. The molecule has 0 spiro atoms. The lowest BCUT2D eigenvalue weighted by Gasteiger charge is -2.11. The Bertz CT molecular complexity index is 479. The number of hydrogen-bond acceptors (Lipinski definition) is 3. The zero-order valence-corrected chi connectivity index (χ0v) is 13.2. The van der Waals surface area contributed by atoms with Crippen molar-refractivity contribution >= 4 is 23.1 Å². The molecule has 2 rings (SSSR count). The quantitative estimate of drug-likeness (QED) is 0.797. The van der Waals surface area contributed by atoms with E-state index < -0.39 is 0 Å². The molecule has 0 fully saturated rings. The van der Waals surface area contributed by atoms with E-state index in [1.807, 2.05) is 23.1 Å². The van der Waals surface area contributed by atoms with Crippen LogP contribution in [-0.2, 0) is 6.54 Å². The maximum absolute atomic E-state index is 3.59. The molecule has 0 saturated heterocycles. The minimum Gasteiger partial charge on any atom is -0.309 e. The second-order valence-electron chi connectivity index (χ2n) is 4.61. The van der Waals surface area contributed by atoms with Crippen LogP contribution in [0.1, 0.15) is 18.7 Å². The first kappa shape index (κ1) is 14.6. The highest BCUT2D eigenvalue weighted by Crippen LogP contribution is 2.25. The Labute approximate surface area is 124 Å². The maximum Gasteiger partial charge on any atom is 0.0302 e. The molecule has 2 aromatic rings. The zero-order valence-electron chi connectivity index (χ0n) is 11.6. The SMILES string of the molecule is CCSCC(C)NCc1cc(-c2ccccc2)cs1. The lowest BCUT2D eigenvalue weighted by atomic mass is 10.1. The fourth-order valence-corrected chi connectivity index (χ4v) is 3.43. The van der Waals surface area contributed by atoms with Gasteiger partial charge in [0, 0.05) is 23.2 Å². The van der Waals surface area contributed by atoms with Crippen molar-refractivity contribution in [3.05, 3.63) is 46.7 Å². The number of nitrogens with one attached hydrogen (secondary N) is 1. The molecule has 0 bridgehead atoms. The lowest BCUT2D eigenvalue weighted by Crippen LogP contribution is -2.27. The van der Waals surface area contributed by atoms with Gasteiger partial charge in [-0.1, -0.05) is 37.3 Å². The van der Waals surface area contributed by atoms with Crippen molar-refractivity contribution in [3.8, 4) is 11.1 Å². The van der Waals surface area contributed by atoms with Gasteiger partial charge in [0.05, 0.1) is 0 Å². The van der Waals surface area contributed by atoms with Crippen LogP contribution in [0.15, 0.2) is 41.8 Å². The molecule has 1 N–H and O–H groups in total. The summed E-state index contributed by atoms with van der Waals surface area (Å²) in [4.78, 5) is 1.41. The van der Waals surface area contributed by atoms with Gasteiger partial charge in [0.15, 0.2) is 0 Å². The molecule has 1 aromatic carbocycles. The topological polar surface area (TPSA) is 12.0 Å². The van der Waals surface area contributed by atoms with Gasteiger partial charge in [-0.2, -0.15) is 11.8 Å². The van der Waals surface area contributed by atoms with E-state index >= 15 is 0 Å². The molecular formula is C16H21NS2. The number of benzene rings is 1. The Hall–Kier alpha value is -0.770. The minimum atomic E-state index is 0.576. The van der Waals surface area contributed by atoms with Gasteiger partial charge in [-0.05, 0) is 35.2 Å². The number of hydrogen-bond donors (Lipinski definition) is 1. The van der Waals surface area contributed by atoms with E-state index in [1.165, 1.54) is 27.5 Å². The van der Waals surface area contributed by atoms with Gasteiger partial charge < -0.3 is 5.32 Å². The average Bonchev–Trinajstić information content (AvgIpc) is 2.93. The fraction of sp³-hybridized carbons (Fsp3) is 0.375. The number of thiophene rings is 1. The molecule has 1 atom stereocenters. The molecule has 102 valence electrons. The number of rotatable bonds is 7. The van der Waals surface area contributed by atoms with Gasteiger partial charge in [0.2, 0.25) is 0 Å². The van der Waals surface area contributed by atoms with Crippen LogP contribution in [0.5, 0.6) is 0 Å². The second kappa shape index (κ2) is 7.73. The van der Waals surface area contributed by atoms with E-state index in [4.69, 9.17) is 0 Å². The predicted octanol–water partition coefficient (Wildman–Crippen LogP) is 4.65. The normalized spacial score (nSPS) is 12.5. The summed E-state index contributed by atoms with van der Waals surface area (Å²) in [5.74, 6) is 2.39. The van der Waals surface area contributed by atoms with Crippen LogP contribution in [0.2, 0.25) is 0 Å². The maximum atomic E-state index is 3.59. The lowest BCUT2D eigenvalue weighted by molar-refractivity contribution is 0.600. The first-order valence-corrected chi connectivity index (χ1v) is 8.77. The third kappa shape index (κ3) is 4.68. The van der Waals surface area contributed by atoms with Crippen LogP contribution in [0.25, 0.3) is 11.1 Å². The molecule has 19 heavy (non-hydrogen) atoms. The van der Waals surface area contributed by atoms with Crippen molar-refractivity contribution in [2.45, 2.75) is 26.4 Å². The van der Waals surface area contributed by atoms with Crippen LogP contribution >= 0.6 is 23.1 Å². The summed E-state index contributed by atoms with van der Waals surface area (Å²) >= 11 is 3.84. The predicted molar refractivity (Wildman–Crippen MR) is 89.1 cm³/mol. The first-order valence-electron chi connectivity index (χ1n) is 6.73. The third-order valence-corrected chi connectivity index (χ3v) is 5.04. The molecule has 0 aliphatic heterocycles. The number of thioether (sulfide) groups is 1. The van der Waals surface area contributed by atoms with Crippen molar-refractivity contribution in [1.29, 1.82) is 0 Å². The van der Waals surface area contributed by atoms with E-state index in [9.17, 15) is 0 Å². The molecule has 0 saturated carbocycles. The Morgan fingerprint density at radius 1 is 1.21 bits per heavy atom. The van der Waals surface area contributed by atoms with Crippen molar-refractivity contribution in [2.75, 3.05) is 11.5 Å². The molecule has 1 aromatic heterocycles. The fourth-order valence-electron chi connectivity index (χ4n) is 1.88. The summed E-state index contributed by atoms with van der Waals surface area (Å²) in [6.45, 7) is 5.44. The van der Waals surface area contributed by atoms with Crippen molar-refractivity contribution in [3.63, 3.8) is 0 Å². The standard InChI is InChI=1S/C16H21NS2/c1-3-18-11-13(2)17-10-16-9-15(12-19-16)14-7-5-4-6-8-14/h4-9,12-13,17H,3,10-11H2,1-2H3. The van der Waals surface area contributed by atoms with E-state index in [0.717, 1.165) is 6.54 Å². The Morgan fingerprint density at radius 3 is 2.74 bits per heavy atom. The van der Waals surface area contributed by atoms with Crippen molar-refractivity contribution in [1.82, 2.24) is 5.32 Å². The summed E-state index contributed by atoms with van der Waals surface area (Å²) in [6.07, 6.45) is 0. The van der Waals surface area contributed by atoms with Crippen LogP contribution in [-0.4, -0.2) is 17.5 Å². The molecule has 1 heterocycles. The van der Waals surface area contributed by atoms with Crippen LogP contribution < -0.4 is 5.32 Å². The molecule has 0 aliphatic carbocycles. The highest BCUT2D eigenvalue weighted by Gasteiger charge is 2.04. The summed E-state index contributed by atoms with van der Waals surface area (Å²) in [7, 11) is 0. The van der Waals surface area contributed by atoms with Crippen LogP contribution in [0.4, 0.5) is 0 Å². The van der Waals surface area contributed by atoms with E-state index in [-0.39, 0.29) is 0 Å². The monoisotopic (exact) mass is 291 g/mol. The van der Waals surface area contributed by atoms with Gasteiger partial charge in [-0.3, -0.25) is 0 Å². The van der Waals surface area contributed by atoms with Gasteiger partial charge in [0.1, 0.15) is 0 Å². The average molecular weight is 291 g/mol. The van der Waals surface area contributed by atoms with Crippen LogP contribution in [0, 0.1) is 0 Å². The summed E-state index contributed by atoms with van der Waals surface area (Å²) in [5.41, 5.74) is 2.64. The van der Waals surface area contributed by atoms with Crippen molar-refractivity contribution < 1.29 is 0 Å².